The molecule has 134 valence electrons. The average Bonchev–Trinajstić information content (AvgIpc) is 2.50. The van der Waals surface area contributed by atoms with Crippen molar-refractivity contribution >= 4 is 11.8 Å². The molecule has 6 nitrogen and oxygen atoms in total. The average molecular weight is 336 g/mol. The van der Waals surface area contributed by atoms with Crippen LogP contribution in [0.4, 0.5) is 0 Å². The molecule has 0 aliphatic carbocycles. The van der Waals surface area contributed by atoms with Gasteiger partial charge in [0.1, 0.15) is 11.9 Å². The van der Waals surface area contributed by atoms with E-state index in [1.165, 1.54) is 4.90 Å². The van der Waals surface area contributed by atoms with Crippen LogP contribution in [0.1, 0.15) is 33.3 Å². The largest absolute Gasteiger partial charge is 0.497 e. The van der Waals surface area contributed by atoms with Gasteiger partial charge in [0, 0.05) is 12.6 Å². The second kappa shape index (κ2) is 8.68. The quantitative estimate of drug-likeness (QED) is 0.827. The Morgan fingerprint density at radius 1 is 1.29 bits per heavy atom. The standard InChI is InChI=1S/C18H28N2O4/c1-13(24-12-14-8-7-9-15(10-14)23-6)17(22)20(5)11-16(21)19-18(2,3)4/h7-10,13H,11-12H2,1-6H3,(H,19,21). The molecule has 0 saturated heterocycles. The Morgan fingerprint density at radius 3 is 2.54 bits per heavy atom. The van der Waals surface area contributed by atoms with Gasteiger partial charge in [0.05, 0.1) is 20.3 Å². The first-order chi connectivity index (χ1) is 11.1. The maximum Gasteiger partial charge on any atom is 0.251 e. The first-order valence-electron chi connectivity index (χ1n) is 7.93. The molecule has 0 saturated carbocycles. The molecule has 0 spiro atoms. The van der Waals surface area contributed by atoms with Crippen LogP contribution in [0.2, 0.25) is 0 Å². The molecule has 1 rings (SSSR count). The van der Waals surface area contributed by atoms with Crippen LogP contribution in [0.15, 0.2) is 24.3 Å². The zero-order chi connectivity index (χ0) is 18.3. The topological polar surface area (TPSA) is 67.9 Å². The highest BCUT2D eigenvalue weighted by molar-refractivity contribution is 5.86. The SMILES string of the molecule is COc1cccc(COC(C)C(=O)N(C)CC(=O)NC(C)(C)C)c1. The van der Waals surface area contributed by atoms with E-state index in [1.54, 1.807) is 21.1 Å². The number of amides is 2. The number of hydrogen-bond acceptors (Lipinski definition) is 4. The highest BCUT2D eigenvalue weighted by atomic mass is 16.5. The van der Waals surface area contributed by atoms with Crippen LogP contribution in [0.3, 0.4) is 0 Å². The van der Waals surface area contributed by atoms with E-state index in [9.17, 15) is 9.59 Å². The molecule has 1 aromatic carbocycles. The molecule has 0 fully saturated rings. The molecule has 1 atom stereocenters. The van der Waals surface area contributed by atoms with Crippen molar-refractivity contribution in [3.05, 3.63) is 29.8 Å². The summed E-state index contributed by atoms with van der Waals surface area (Å²) < 4.78 is 10.8. The van der Waals surface area contributed by atoms with Crippen LogP contribution < -0.4 is 10.1 Å². The summed E-state index contributed by atoms with van der Waals surface area (Å²) in [6.07, 6.45) is -0.636. The highest BCUT2D eigenvalue weighted by Gasteiger charge is 2.22. The van der Waals surface area contributed by atoms with Gasteiger partial charge in [-0.1, -0.05) is 12.1 Å². The lowest BCUT2D eigenvalue weighted by Crippen LogP contribution is -2.48. The third-order valence-electron chi connectivity index (χ3n) is 3.25. The second-order valence-electron chi connectivity index (χ2n) is 6.80. The minimum Gasteiger partial charge on any atom is -0.497 e. The number of likely N-dealkylation sites (N-methyl/N-ethyl adjacent to an activating group) is 1. The minimum absolute atomic E-state index is 0.00294. The van der Waals surface area contributed by atoms with Crippen molar-refractivity contribution in [2.45, 2.75) is 45.9 Å². The van der Waals surface area contributed by atoms with E-state index in [1.807, 2.05) is 45.0 Å². The lowest BCUT2D eigenvalue weighted by molar-refractivity contribution is -0.144. The van der Waals surface area contributed by atoms with E-state index in [0.717, 1.165) is 11.3 Å². The second-order valence-corrected chi connectivity index (χ2v) is 6.80. The predicted molar refractivity (Wildman–Crippen MR) is 92.8 cm³/mol. The van der Waals surface area contributed by atoms with Crippen molar-refractivity contribution in [3.8, 4) is 5.75 Å². The molecule has 1 aromatic rings. The summed E-state index contributed by atoms with van der Waals surface area (Å²) in [7, 11) is 3.19. The third kappa shape index (κ3) is 7.00. The Bertz CT molecular complexity index is 566. The number of carbonyl (C=O) groups excluding carboxylic acids is 2. The van der Waals surface area contributed by atoms with E-state index < -0.39 is 6.10 Å². The lowest BCUT2D eigenvalue weighted by atomic mass is 10.1. The summed E-state index contributed by atoms with van der Waals surface area (Å²) in [4.78, 5) is 25.5. The molecule has 0 aromatic heterocycles. The molecule has 2 amide bonds. The first kappa shape index (κ1) is 20.0. The maximum atomic E-state index is 12.3. The normalized spacial score (nSPS) is 12.4. The highest BCUT2D eigenvalue weighted by Crippen LogP contribution is 2.14. The van der Waals surface area contributed by atoms with Gasteiger partial charge in [-0.25, -0.2) is 0 Å². The van der Waals surface area contributed by atoms with Gasteiger partial charge in [-0.3, -0.25) is 9.59 Å². The zero-order valence-electron chi connectivity index (χ0n) is 15.4. The van der Waals surface area contributed by atoms with Crippen LogP contribution in [-0.2, 0) is 20.9 Å². The van der Waals surface area contributed by atoms with Crippen LogP contribution in [0.5, 0.6) is 5.75 Å². The smallest absolute Gasteiger partial charge is 0.251 e. The summed E-state index contributed by atoms with van der Waals surface area (Å²) in [6, 6.07) is 7.48. The number of hydrogen-bond donors (Lipinski definition) is 1. The van der Waals surface area contributed by atoms with E-state index in [4.69, 9.17) is 9.47 Å². The van der Waals surface area contributed by atoms with Crippen molar-refractivity contribution in [1.29, 1.82) is 0 Å². The summed E-state index contributed by atoms with van der Waals surface area (Å²) in [5.41, 5.74) is 0.595. The number of methoxy groups -OCH3 is 1. The fourth-order valence-electron chi connectivity index (χ4n) is 2.12. The Labute approximate surface area is 144 Å². The molecule has 0 aliphatic heterocycles. The Balaban J connectivity index is 2.49. The molecule has 0 heterocycles. The van der Waals surface area contributed by atoms with Crippen molar-refractivity contribution in [2.24, 2.45) is 0 Å². The Morgan fingerprint density at radius 2 is 1.96 bits per heavy atom. The number of rotatable bonds is 7. The Hall–Kier alpha value is -2.08. The molecular weight excluding hydrogens is 308 g/mol. The van der Waals surface area contributed by atoms with Crippen molar-refractivity contribution in [2.75, 3.05) is 20.7 Å². The minimum atomic E-state index is -0.636. The molecule has 1 unspecified atom stereocenters. The summed E-state index contributed by atoms with van der Waals surface area (Å²) >= 11 is 0. The predicted octanol–water partition coefficient (Wildman–Crippen LogP) is 1.97. The lowest BCUT2D eigenvalue weighted by Gasteiger charge is -2.25. The number of nitrogens with zero attached hydrogens (tertiary/aromatic N) is 1. The molecule has 1 N–H and O–H groups in total. The molecular formula is C18H28N2O4. The van der Waals surface area contributed by atoms with Crippen molar-refractivity contribution < 1.29 is 19.1 Å². The fraction of sp³-hybridized carbons (Fsp3) is 0.556. The molecule has 24 heavy (non-hydrogen) atoms. The van der Waals surface area contributed by atoms with Crippen LogP contribution in [-0.4, -0.2) is 49.1 Å². The van der Waals surface area contributed by atoms with Gasteiger partial charge < -0.3 is 19.7 Å². The first-order valence-corrected chi connectivity index (χ1v) is 7.93. The van der Waals surface area contributed by atoms with E-state index >= 15 is 0 Å². The van der Waals surface area contributed by atoms with Crippen molar-refractivity contribution in [1.82, 2.24) is 10.2 Å². The third-order valence-corrected chi connectivity index (χ3v) is 3.25. The fourth-order valence-corrected chi connectivity index (χ4v) is 2.12. The summed E-state index contributed by atoms with van der Waals surface area (Å²) in [5.74, 6) is 0.311. The van der Waals surface area contributed by atoms with E-state index in [0.29, 0.717) is 6.61 Å². The number of carbonyl (C=O) groups is 2. The molecule has 0 bridgehead atoms. The van der Waals surface area contributed by atoms with E-state index in [2.05, 4.69) is 5.32 Å². The molecule has 0 radical (unpaired) electrons. The van der Waals surface area contributed by atoms with E-state index in [-0.39, 0.29) is 23.9 Å². The zero-order valence-corrected chi connectivity index (χ0v) is 15.4. The number of nitrogens with one attached hydrogen (secondary N) is 1. The molecule has 6 heteroatoms. The maximum absolute atomic E-state index is 12.3. The Kier molecular flexibility index (Phi) is 7.22. The molecule has 0 aliphatic rings. The summed E-state index contributed by atoms with van der Waals surface area (Å²) in [6.45, 7) is 7.67. The van der Waals surface area contributed by atoms with Crippen molar-refractivity contribution in [3.63, 3.8) is 0 Å². The van der Waals surface area contributed by atoms with Gasteiger partial charge in [0.15, 0.2) is 0 Å². The summed E-state index contributed by atoms with van der Waals surface area (Å²) in [5, 5.41) is 2.83. The van der Waals surface area contributed by atoms with Gasteiger partial charge in [-0.2, -0.15) is 0 Å². The van der Waals surface area contributed by atoms with Gasteiger partial charge in [-0.15, -0.1) is 0 Å². The number of ether oxygens (including phenoxy) is 2. The van der Waals surface area contributed by atoms with Crippen LogP contribution in [0, 0.1) is 0 Å². The van der Waals surface area contributed by atoms with Gasteiger partial charge in [0.25, 0.3) is 5.91 Å². The van der Waals surface area contributed by atoms with Gasteiger partial charge in [0.2, 0.25) is 5.91 Å². The van der Waals surface area contributed by atoms with Crippen LogP contribution >= 0.6 is 0 Å². The number of benzene rings is 1. The van der Waals surface area contributed by atoms with Gasteiger partial charge >= 0.3 is 0 Å². The monoisotopic (exact) mass is 336 g/mol. The van der Waals surface area contributed by atoms with Gasteiger partial charge in [-0.05, 0) is 45.4 Å². The van der Waals surface area contributed by atoms with Crippen LogP contribution in [0.25, 0.3) is 0 Å².